The van der Waals surface area contributed by atoms with Crippen molar-refractivity contribution < 1.29 is 8.42 Å². The van der Waals surface area contributed by atoms with Gasteiger partial charge in [0, 0.05) is 30.1 Å². The fourth-order valence-electron chi connectivity index (χ4n) is 2.31. The first-order valence-corrected chi connectivity index (χ1v) is 9.86. The molecular weight excluding hydrogens is 306 g/mol. The predicted molar refractivity (Wildman–Crippen MR) is 88.9 cm³/mol. The van der Waals surface area contributed by atoms with Crippen LogP contribution in [0.2, 0.25) is 0 Å². The van der Waals surface area contributed by atoms with E-state index in [9.17, 15) is 8.42 Å². The molecule has 0 aliphatic carbocycles. The third kappa shape index (κ3) is 4.40. The topological polar surface area (TPSA) is 62.3 Å². The van der Waals surface area contributed by atoms with Crippen molar-refractivity contribution in [3.8, 4) is 0 Å². The van der Waals surface area contributed by atoms with Crippen molar-refractivity contribution >= 4 is 26.3 Å². The van der Waals surface area contributed by atoms with E-state index in [0.717, 1.165) is 17.4 Å². The van der Waals surface area contributed by atoms with Crippen LogP contribution in [-0.4, -0.2) is 43.5 Å². The highest BCUT2D eigenvalue weighted by molar-refractivity contribution is 7.91. The highest BCUT2D eigenvalue weighted by atomic mass is 32.2. The summed E-state index contributed by atoms with van der Waals surface area (Å²) in [6, 6.07) is 0.0592. The van der Waals surface area contributed by atoms with Crippen LogP contribution in [-0.2, 0) is 16.4 Å². The quantitative estimate of drug-likeness (QED) is 0.914. The van der Waals surface area contributed by atoms with Gasteiger partial charge in [-0.15, -0.1) is 11.3 Å². The molecule has 7 heteroatoms. The van der Waals surface area contributed by atoms with E-state index >= 15 is 0 Å². The van der Waals surface area contributed by atoms with Crippen LogP contribution < -0.4 is 10.2 Å². The molecule has 0 bridgehead atoms. The minimum absolute atomic E-state index is 0.0592. The van der Waals surface area contributed by atoms with Crippen molar-refractivity contribution in [2.75, 3.05) is 23.5 Å². The van der Waals surface area contributed by atoms with Crippen LogP contribution in [0.3, 0.4) is 0 Å². The van der Waals surface area contributed by atoms with Crippen LogP contribution >= 0.6 is 11.3 Å². The van der Waals surface area contributed by atoms with Gasteiger partial charge in [-0.05, 0) is 34.1 Å². The highest BCUT2D eigenvalue weighted by Gasteiger charge is 2.32. The average molecular weight is 332 g/mol. The molecule has 0 aromatic carbocycles. The molecule has 1 aliphatic heterocycles. The van der Waals surface area contributed by atoms with E-state index < -0.39 is 9.84 Å². The molecule has 0 amide bonds. The minimum Gasteiger partial charge on any atom is -0.347 e. The molecule has 21 heavy (non-hydrogen) atoms. The lowest BCUT2D eigenvalue weighted by atomic mass is 10.1. The molecule has 1 atom stereocenters. The number of anilines is 1. The second kappa shape index (κ2) is 5.85. The summed E-state index contributed by atoms with van der Waals surface area (Å²) in [5.41, 5.74) is 1.10. The van der Waals surface area contributed by atoms with Gasteiger partial charge < -0.3 is 10.2 Å². The number of nitrogens with zero attached hydrogens (tertiary/aromatic N) is 2. The molecule has 0 radical (unpaired) electrons. The lowest BCUT2D eigenvalue weighted by molar-refractivity contribution is 0.425. The Morgan fingerprint density at radius 2 is 2.10 bits per heavy atom. The SMILES string of the molecule is Cc1nc(N(C)C2CCS(=O)(=O)C2)sc1CNC(C)(C)C. The van der Waals surface area contributed by atoms with Gasteiger partial charge in [0.15, 0.2) is 15.0 Å². The predicted octanol–water partition coefficient (Wildman–Crippen LogP) is 1.96. The normalized spacial score (nSPS) is 21.7. The van der Waals surface area contributed by atoms with E-state index in [1.807, 2.05) is 18.9 Å². The van der Waals surface area contributed by atoms with Crippen LogP contribution in [0, 0.1) is 6.92 Å². The maximum absolute atomic E-state index is 11.6. The Labute approximate surface area is 131 Å². The summed E-state index contributed by atoms with van der Waals surface area (Å²) in [5, 5.41) is 4.39. The van der Waals surface area contributed by atoms with Crippen molar-refractivity contribution in [3.05, 3.63) is 10.6 Å². The van der Waals surface area contributed by atoms with E-state index in [1.165, 1.54) is 4.88 Å². The second-order valence-electron chi connectivity index (χ2n) is 6.78. The summed E-state index contributed by atoms with van der Waals surface area (Å²) in [6.07, 6.45) is 0.701. The van der Waals surface area contributed by atoms with Gasteiger partial charge >= 0.3 is 0 Å². The molecule has 2 heterocycles. The Kier molecular flexibility index (Phi) is 4.66. The molecule has 120 valence electrons. The number of sulfone groups is 1. The largest absolute Gasteiger partial charge is 0.347 e. The van der Waals surface area contributed by atoms with E-state index in [1.54, 1.807) is 11.3 Å². The van der Waals surface area contributed by atoms with Crippen molar-refractivity contribution in [2.24, 2.45) is 0 Å². The van der Waals surface area contributed by atoms with Crippen molar-refractivity contribution in [1.29, 1.82) is 0 Å². The molecular formula is C14H25N3O2S2. The van der Waals surface area contributed by atoms with Gasteiger partial charge in [0.25, 0.3) is 0 Å². The maximum atomic E-state index is 11.6. The first-order valence-electron chi connectivity index (χ1n) is 7.22. The van der Waals surface area contributed by atoms with Crippen molar-refractivity contribution in [3.63, 3.8) is 0 Å². The van der Waals surface area contributed by atoms with E-state index in [-0.39, 0.29) is 17.3 Å². The zero-order chi connectivity index (χ0) is 15.8. The summed E-state index contributed by atoms with van der Waals surface area (Å²) in [6.45, 7) is 9.22. The first kappa shape index (κ1) is 16.7. The molecule has 1 unspecified atom stereocenters. The van der Waals surface area contributed by atoms with Crippen LogP contribution in [0.25, 0.3) is 0 Å². The summed E-state index contributed by atoms with van der Waals surface area (Å²) >= 11 is 1.65. The van der Waals surface area contributed by atoms with Gasteiger partial charge in [0.05, 0.1) is 17.2 Å². The maximum Gasteiger partial charge on any atom is 0.185 e. The Morgan fingerprint density at radius 3 is 2.62 bits per heavy atom. The van der Waals surface area contributed by atoms with Crippen LogP contribution in [0.15, 0.2) is 0 Å². The molecule has 1 fully saturated rings. The van der Waals surface area contributed by atoms with E-state index in [2.05, 4.69) is 31.1 Å². The highest BCUT2D eigenvalue weighted by Crippen LogP contribution is 2.29. The molecule has 2 rings (SSSR count). The van der Waals surface area contributed by atoms with Gasteiger partial charge in [-0.2, -0.15) is 0 Å². The van der Waals surface area contributed by atoms with Gasteiger partial charge in [-0.25, -0.2) is 13.4 Å². The van der Waals surface area contributed by atoms with Crippen molar-refractivity contribution in [2.45, 2.75) is 52.2 Å². The number of rotatable bonds is 4. The summed E-state index contributed by atoms with van der Waals surface area (Å²) in [7, 11) is -0.909. The van der Waals surface area contributed by atoms with Crippen LogP contribution in [0.4, 0.5) is 5.13 Å². The molecule has 1 N–H and O–H groups in total. The van der Waals surface area contributed by atoms with Crippen LogP contribution in [0.1, 0.15) is 37.8 Å². The second-order valence-corrected chi connectivity index (χ2v) is 10.1. The molecule has 5 nitrogen and oxygen atoms in total. The molecule has 1 aromatic rings. The Hall–Kier alpha value is -0.660. The molecule has 1 saturated heterocycles. The monoisotopic (exact) mass is 331 g/mol. The first-order chi connectivity index (χ1) is 9.57. The number of aryl methyl sites for hydroxylation is 1. The lowest BCUT2D eigenvalue weighted by Crippen LogP contribution is -2.35. The Bertz CT molecular complexity index is 602. The number of aromatic nitrogens is 1. The zero-order valence-corrected chi connectivity index (χ0v) is 15.1. The van der Waals surface area contributed by atoms with E-state index in [0.29, 0.717) is 12.2 Å². The number of hydrogen-bond acceptors (Lipinski definition) is 6. The molecule has 1 aromatic heterocycles. The molecule has 0 saturated carbocycles. The smallest absolute Gasteiger partial charge is 0.185 e. The lowest BCUT2D eigenvalue weighted by Gasteiger charge is -2.22. The Balaban J connectivity index is 2.07. The third-order valence-electron chi connectivity index (χ3n) is 3.72. The van der Waals surface area contributed by atoms with Crippen molar-refractivity contribution in [1.82, 2.24) is 10.3 Å². The van der Waals surface area contributed by atoms with Crippen LogP contribution in [0.5, 0.6) is 0 Å². The van der Waals surface area contributed by atoms with Gasteiger partial charge in [-0.3, -0.25) is 0 Å². The van der Waals surface area contributed by atoms with Gasteiger partial charge in [-0.1, -0.05) is 0 Å². The number of nitrogens with one attached hydrogen (secondary N) is 1. The molecule has 1 aliphatic rings. The third-order valence-corrected chi connectivity index (χ3v) is 6.72. The van der Waals surface area contributed by atoms with E-state index in [4.69, 9.17) is 0 Å². The standard InChI is InChI=1S/C14H25N3O2S2/c1-10-12(8-15-14(2,3)4)20-13(16-10)17(5)11-6-7-21(18,19)9-11/h11,15H,6-9H2,1-5H3. The number of thiazole rings is 1. The zero-order valence-electron chi connectivity index (χ0n) is 13.4. The number of hydrogen-bond donors (Lipinski definition) is 1. The van der Waals surface area contributed by atoms with Gasteiger partial charge in [0.2, 0.25) is 0 Å². The summed E-state index contributed by atoms with van der Waals surface area (Å²) < 4.78 is 23.2. The Morgan fingerprint density at radius 1 is 1.43 bits per heavy atom. The molecule has 0 spiro atoms. The minimum atomic E-state index is -2.86. The summed E-state index contributed by atoms with van der Waals surface area (Å²) in [5.74, 6) is 0.544. The summed E-state index contributed by atoms with van der Waals surface area (Å²) in [4.78, 5) is 7.86. The fourth-order valence-corrected chi connectivity index (χ4v) is 5.12. The average Bonchev–Trinajstić information content (AvgIpc) is 2.88. The fraction of sp³-hybridized carbons (Fsp3) is 0.786. The van der Waals surface area contributed by atoms with Gasteiger partial charge in [0.1, 0.15) is 0 Å².